The Morgan fingerprint density at radius 2 is 2.06 bits per heavy atom. The fourth-order valence-electron chi connectivity index (χ4n) is 1.33. The standard InChI is InChI=1S/C13H13ClFN/c14-8-2-1-3-12(10-16)9-11-4-6-13(15)7-5-11/h3-7H,1-2,8-9H2/b12-3+. The van der Waals surface area contributed by atoms with Crippen molar-refractivity contribution in [1.82, 2.24) is 0 Å². The van der Waals surface area contributed by atoms with E-state index in [0.29, 0.717) is 17.9 Å². The van der Waals surface area contributed by atoms with Gasteiger partial charge >= 0.3 is 0 Å². The van der Waals surface area contributed by atoms with E-state index >= 15 is 0 Å². The molecule has 0 aliphatic carbocycles. The van der Waals surface area contributed by atoms with Gasteiger partial charge < -0.3 is 0 Å². The van der Waals surface area contributed by atoms with Crippen LogP contribution in [0.5, 0.6) is 0 Å². The summed E-state index contributed by atoms with van der Waals surface area (Å²) >= 11 is 5.55. The van der Waals surface area contributed by atoms with Crippen LogP contribution < -0.4 is 0 Å². The minimum atomic E-state index is -0.256. The molecular weight excluding hydrogens is 225 g/mol. The van der Waals surface area contributed by atoms with Crippen molar-refractivity contribution in [2.45, 2.75) is 19.3 Å². The molecule has 84 valence electrons. The Morgan fingerprint density at radius 3 is 2.62 bits per heavy atom. The van der Waals surface area contributed by atoms with E-state index in [2.05, 4.69) is 6.07 Å². The lowest BCUT2D eigenvalue weighted by molar-refractivity contribution is 0.627. The lowest BCUT2D eigenvalue weighted by Gasteiger charge is -1.99. The van der Waals surface area contributed by atoms with E-state index in [0.717, 1.165) is 18.4 Å². The monoisotopic (exact) mass is 237 g/mol. The van der Waals surface area contributed by atoms with E-state index in [1.165, 1.54) is 12.1 Å². The van der Waals surface area contributed by atoms with E-state index in [4.69, 9.17) is 16.9 Å². The van der Waals surface area contributed by atoms with E-state index in [9.17, 15) is 4.39 Å². The Morgan fingerprint density at radius 1 is 1.38 bits per heavy atom. The molecule has 3 heteroatoms. The molecule has 0 aliphatic rings. The van der Waals surface area contributed by atoms with Gasteiger partial charge in [0, 0.05) is 17.9 Å². The van der Waals surface area contributed by atoms with Gasteiger partial charge in [0.15, 0.2) is 0 Å². The minimum absolute atomic E-state index is 0.256. The number of nitriles is 1. The number of halogens is 2. The number of hydrogen-bond acceptors (Lipinski definition) is 1. The summed E-state index contributed by atoms with van der Waals surface area (Å²) in [5, 5.41) is 8.92. The fraction of sp³-hybridized carbons (Fsp3) is 0.308. The van der Waals surface area contributed by atoms with Crippen molar-refractivity contribution in [1.29, 1.82) is 5.26 Å². The van der Waals surface area contributed by atoms with Crippen molar-refractivity contribution in [3.8, 4) is 6.07 Å². The summed E-state index contributed by atoms with van der Waals surface area (Å²) in [5.74, 6) is 0.347. The lowest BCUT2D eigenvalue weighted by atomic mass is 10.0. The first-order valence-corrected chi connectivity index (χ1v) is 5.69. The molecule has 16 heavy (non-hydrogen) atoms. The van der Waals surface area contributed by atoms with Crippen molar-refractivity contribution in [3.63, 3.8) is 0 Å². The normalized spacial score (nSPS) is 11.2. The second-order valence-corrected chi connectivity index (χ2v) is 3.85. The van der Waals surface area contributed by atoms with Gasteiger partial charge in [-0.25, -0.2) is 4.39 Å². The molecule has 0 saturated carbocycles. The third kappa shape index (κ3) is 4.46. The predicted octanol–water partition coefficient (Wildman–Crippen LogP) is 3.84. The van der Waals surface area contributed by atoms with Crippen molar-refractivity contribution in [3.05, 3.63) is 47.3 Å². The van der Waals surface area contributed by atoms with Gasteiger partial charge in [0.1, 0.15) is 5.82 Å². The Hall–Kier alpha value is -1.33. The van der Waals surface area contributed by atoms with Crippen molar-refractivity contribution in [2.75, 3.05) is 5.88 Å². The quantitative estimate of drug-likeness (QED) is 0.434. The van der Waals surface area contributed by atoms with E-state index in [1.54, 1.807) is 12.1 Å². The van der Waals surface area contributed by atoms with Gasteiger partial charge in [0.05, 0.1) is 6.07 Å². The molecule has 0 amide bonds. The highest BCUT2D eigenvalue weighted by molar-refractivity contribution is 6.17. The Bertz CT molecular complexity index is 389. The number of hydrogen-bond donors (Lipinski definition) is 0. The summed E-state index contributed by atoms with van der Waals surface area (Å²) in [4.78, 5) is 0. The predicted molar refractivity (Wildman–Crippen MR) is 63.8 cm³/mol. The number of alkyl halides is 1. The molecule has 1 nitrogen and oxygen atoms in total. The smallest absolute Gasteiger partial charge is 0.123 e. The minimum Gasteiger partial charge on any atom is -0.207 e. The summed E-state index contributed by atoms with van der Waals surface area (Å²) in [6, 6.07) is 8.35. The van der Waals surface area contributed by atoms with E-state index < -0.39 is 0 Å². The van der Waals surface area contributed by atoms with Crippen LogP contribution in [0.15, 0.2) is 35.9 Å². The second kappa shape index (κ2) is 7.03. The molecule has 0 fully saturated rings. The third-order valence-corrected chi connectivity index (χ3v) is 2.45. The molecule has 0 bridgehead atoms. The average molecular weight is 238 g/mol. The molecule has 1 rings (SSSR count). The molecule has 0 heterocycles. The van der Waals surface area contributed by atoms with Gasteiger partial charge in [0.25, 0.3) is 0 Å². The largest absolute Gasteiger partial charge is 0.207 e. The first kappa shape index (κ1) is 12.7. The Kier molecular flexibility index (Phi) is 5.60. The molecule has 0 N–H and O–H groups in total. The zero-order chi connectivity index (χ0) is 11.8. The number of benzene rings is 1. The Labute approximate surface area is 100 Å². The van der Waals surface area contributed by atoms with Crippen LogP contribution in [0.4, 0.5) is 4.39 Å². The first-order valence-electron chi connectivity index (χ1n) is 5.16. The zero-order valence-corrected chi connectivity index (χ0v) is 9.67. The van der Waals surface area contributed by atoms with Gasteiger partial charge in [-0.1, -0.05) is 18.2 Å². The maximum Gasteiger partial charge on any atom is 0.123 e. The van der Waals surface area contributed by atoms with Crippen LogP contribution >= 0.6 is 11.6 Å². The van der Waals surface area contributed by atoms with Crippen molar-refractivity contribution >= 4 is 11.6 Å². The van der Waals surface area contributed by atoms with Gasteiger partial charge in [-0.2, -0.15) is 5.26 Å². The van der Waals surface area contributed by atoms with Crippen LogP contribution in [0.25, 0.3) is 0 Å². The molecule has 1 aromatic carbocycles. The molecule has 0 spiro atoms. The van der Waals surface area contributed by atoms with Crippen molar-refractivity contribution < 1.29 is 4.39 Å². The maximum absolute atomic E-state index is 12.7. The summed E-state index contributed by atoms with van der Waals surface area (Å²) in [5.41, 5.74) is 1.65. The van der Waals surface area contributed by atoms with Gasteiger partial charge in [-0.3, -0.25) is 0 Å². The molecule has 0 unspecified atom stereocenters. The number of nitrogens with zero attached hydrogens (tertiary/aromatic N) is 1. The van der Waals surface area contributed by atoms with Gasteiger partial charge in [-0.05, 0) is 30.5 Å². The van der Waals surface area contributed by atoms with Crippen LogP contribution in [0.1, 0.15) is 18.4 Å². The SMILES string of the molecule is N#C/C(=C/CCCCl)Cc1ccc(F)cc1. The lowest BCUT2D eigenvalue weighted by Crippen LogP contribution is -1.89. The summed E-state index contributed by atoms with van der Waals surface area (Å²) in [6.45, 7) is 0. The molecule has 0 aromatic heterocycles. The second-order valence-electron chi connectivity index (χ2n) is 3.48. The van der Waals surface area contributed by atoms with Crippen LogP contribution in [-0.2, 0) is 6.42 Å². The fourth-order valence-corrected chi connectivity index (χ4v) is 1.49. The van der Waals surface area contributed by atoms with Crippen molar-refractivity contribution in [2.24, 2.45) is 0 Å². The van der Waals surface area contributed by atoms with Crippen LogP contribution in [-0.4, -0.2) is 5.88 Å². The highest BCUT2D eigenvalue weighted by atomic mass is 35.5. The topological polar surface area (TPSA) is 23.8 Å². The summed E-state index contributed by atoms with van der Waals surface area (Å²) in [6.07, 6.45) is 4.13. The van der Waals surface area contributed by atoms with E-state index in [1.807, 2.05) is 6.08 Å². The van der Waals surface area contributed by atoms with E-state index in [-0.39, 0.29) is 5.82 Å². The van der Waals surface area contributed by atoms with Gasteiger partial charge in [-0.15, -0.1) is 11.6 Å². The van der Waals surface area contributed by atoms with Crippen LogP contribution in [0.3, 0.4) is 0 Å². The number of unbranched alkanes of at least 4 members (excludes halogenated alkanes) is 1. The zero-order valence-electron chi connectivity index (χ0n) is 8.92. The summed E-state index contributed by atoms with van der Waals surface area (Å²) < 4.78 is 12.7. The van der Waals surface area contributed by atoms with Crippen LogP contribution in [0.2, 0.25) is 0 Å². The van der Waals surface area contributed by atoms with Crippen LogP contribution in [0, 0.1) is 17.1 Å². The molecule has 0 atom stereocenters. The summed E-state index contributed by atoms with van der Waals surface area (Å²) in [7, 11) is 0. The number of rotatable bonds is 5. The third-order valence-electron chi connectivity index (χ3n) is 2.18. The Balaban J connectivity index is 2.60. The molecule has 1 aromatic rings. The van der Waals surface area contributed by atoms with Gasteiger partial charge in [0.2, 0.25) is 0 Å². The molecule has 0 radical (unpaired) electrons. The molecule has 0 saturated heterocycles. The number of allylic oxidation sites excluding steroid dienone is 2. The molecule has 0 aliphatic heterocycles. The maximum atomic E-state index is 12.7. The highest BCUT2D eigenvalue weighted by Crippen LogP contribution is 2.10. The average Bonchev–Trinajstić information content (AvgIpc) is 2.31. The molecular formula is C13H13ClFN. The highest BCUT2D eigenvalue weighted by Gasteiger charge is 1.99. The first-order chi connectivity index (χ1) is 7.76.